The van der Waals surface area contributed by atoms with E-state index < -0.39 is 97.5 Å². The highest BCUT2D eigenvalue weighted by Crippen LogP contribution is 2.45. The number of carbonyl (C=O) groups is 4. The van der Waals surface area contributed by atoms with Crippen LogP contribution in [-0.4, -0.2) is 96.7 Å². The first-order chi connectivity index (χ1) is 47.8. The molecule has 19 heteroatoms. The third-order valence-electron chi connectivity index (χ3n) is 19.0. The van der Waals surface area contributed by atoms with Crippen LogP contribution in [0, 0.1) is 17.8 Å². The maximum absolute atomic E-state index is 13.1. The second kappa shape index (κ2) is 70.4. The van der Waals surface area contributed by atoms with Crippen LogP contribution in [0.25, 0.3) is 0 Å². The van der Waals surface area contributed by atoms with Crippen LogP contribution >= 0.6 is 15.6 Å². The van der Waals surface area contributed by atoms with E-state index in [4.69, 9.17) is 37.0 Å². The van der Waals surface area contributed by atoms with Crippen molar-refractivity contribution in [2.75, 3.05) is 39.6 Å². The minimum atomic E-state index is -4.96. The third-order valence-corrected chi connectivity index (χ3v) is 20.9. The van der Waals surface area contributed by atoms with Crippen LogP contribution in [0.15, 0.2) is 0 Å². The van der Waals surface area contributed by atoms with Crippen molar-refractivity contribution in [3.63, 3.8) is 0 Å². The molecule has 0 heterocycles. The summed E-state index contributed by atoms with van der Waals surface area (Å²) in [6.07, 6.45) is 58.5. The van der Waals surface area contributed by atoms with E-state index in [0.29, 0.717) is 31.6 Å². The SMILES string of the molecule is CCCCCCCCCCCCCCCCCCCC(=O)OC[C@H](COP(=O)(O)OC[C@@H](O)COP(=O)(O)OC[C@@H](COC(=O)CCCCCCCCC(C)C)OC(=O)CCCCCCCCCCC(C)CC)OC(=O)CCCCCCCCCCCCCCCCCCCCC(C)C. The Kier molecular flexibility index (Phi) is 69.0. The number of hydrogen-bond donors (Lipinski definition) is 3. The van der Waals surface area contributed by atoms with Gasteiger partial charge in [-0.3, -0.25) is 37.3 Å². The first-order valence-electron chi connectivity index (χ1n) is 41.4. The second-order valence-corrected chi connectivity index (χ2v) is 32.9. The molecule has 0 aliphatic heterocycles. The molecule has 0 aliphatic carbocycles. The fraction of sp³-hybridized carbons (Fsp3) is 0.950. The van der Waals surface area contributed by atoms with Gasteiger partial charge >= 0.3 is 39.5 Å². The van der Waals surface area contributed by atoms with Crippen molar-refractivity contribution >= 4 is 39.5 Å². The molecule has 3 unspecified atom stereocenters. The lowest BCUT2D eigenvalue weighted by molar-refractivity contribution is -0.161. The molecule has 6 atom stereocenters. The van der Waals surface area contributed by atoms with Crippen LogP contribution in [-0.2, 0) is 65.4 Å². The summed E-state index contributed by atoms with van der Waals surface area (Å²) in [6.45, 7) is 11.9. The molecule has 0 saturated carbocycles. The number of hydrogen-bond acceptors (Lipinski definition) is 15. The number of phosphoric acid groups is 2. The lowest BCUT2D eigenvalue weighted by Crippen LogP contribution is -2.30. The number of aliphatic hydroxyl groups excluding tert-OH is 1. The van der Waals surface area contributed by atoms with Crippen molar-refractivity contribution in [2.45, 2.75) is 433 Å². The van der Waals surface area contributed by atoms with Crippen molar-refractivity contribution < 1.29 is 80.2 Å². The summed E-state index contributed by atoms with van der Waals surface area (Å²) in [4.78, 5) is 72.9. The highest BCUT2D eigenvalue weighted by molar-refractivity contribution is 7.47. The molecule has 17 nitrogen and oxygen atoms in total. The maximum Gasteiger partial charge on any atom is 0.472 e. The van der Waals surface area contributed by atoms with E-state index in [1.165, 1.54) is 218 Å². The molecule has 0 amide bonds. The Morgan fingerprint density at radius 1 is 0.293 bits per heavy atom. The van der Waals surface area contributed by atoms with Gasteiger partial charge in [0, 0.05) is 25.7 Å². The molecule has 0 aromatic carbocycles. The molecule has 0 fully saturated rings. The molecular formula is C80H156O17P2. The summed E-state index contributed by atoms with van der Waals surface area (Å²) in [5.74, 6) is 0.153. The molecule has 588 valence electrons. The first kappa shape index (κ1) is 97.1. The molecule has 0 aromatic heterocycles. The van der Waals surface area contributed by atoms with Crippen LogP contribution in [0.3, 0.4) is 0 Å². The van der Waals surface area contributed by atoms with E-state index in [-0.39, 0.29) is 25.7 Å². The van der Waals surface area contributed by atoms with Gasteiger partial charge in [-0.25, -0.2) is 9.13 Å². The van der Waals surface area contributed by atoms with Crippen LogP contribution < -0.4 is 0 Å². The quantitative estimate of drug-likeness (QED) is 0.0222. The molecular weight excluding hydrogens is 1290 g/mol. The Labute approximate surface area is 607 Å². The Hall–Kier alpha value is -1.94. The summed E-state index contributed by atoms with van der Waals surface area (Å²) in [5, 5.41) is 10.6. The van der Waals surface area contributed by atoms with E-state index in [0.717, 1.165) is 108 Å². The van der Waals surface area contributed by atoms with Gasteiger partial charge in [-0.1, -0.05) is 363 Å². The van der Waals surface area contributed by atoms with Gasteiger partial charge in [0.15, 0.2) is 12.2 Å². The van der Waals surface area contributed by atoms with Crippen molar-refractivity contribution in [2.24, 2.45) is 17.8 Å². The third kappa shape index (κ3) is 72.8. The molecule has 99 heavy (non-hydrogen) atoms. The average molecular weight is 1450 g/mol. The predicted octanol–water partition coefficient (Wildman–Crippen LogP) is 23.7. The number of phosphoric ester groups is 2. The normalized spacial score (nSPS) is 14.3. The number of unbranched alkanes of at least 4 members (excludes halogenated alkanes) is 45. The lowest BCUT2D eigenvalue weighted by Gasteiger charge is -2.21. The second-order valence-electron chi connectivity index (χ2n) is 30.0. The molecule has 0 rings (SSSR count). The summed E-state index contributed by atoms with van der Waals surface area (Å²) in [6, 6.07) is 0. The largest absolute Gasteiger partial charge is 0.472 e. The molecule has 0 aromatic rings. The summed E-state index contributed by atoms with van der Waals surface area (Å²) >= 11 is 0. The molecule has 0 aliphatic rings. The van der Waals surface area contributed by atoms with Crippen LogP contribution in [0.1, 0.15) is 414 Å². The van der Waals surface area contributed by atoms with Gasteiger partial charge in [0.2, 0.25) is 0 Å². The fourth-order valence-corrected chi connectivity index (χ4v) is 13.9. The standard InChI is InChI=1S/C80H156O17P2/c1-8-10-11-12-13-14-15-16-17-20-24-27-30-33-39-47-54-61-77(82)90-67-75(96-79(84)63-56-49-40-34-31-28-25-22-19-18-21-23-26-29-32-37-44-51-58-71(3)4)69-94-98(86,87)92-65-74(81)66-93-99(88,89)95-70-76(68-91-78(83)62-55-48-43-42-45-52-59-72(5)6)97-80(85)64-57-50-41-36-35-38-46-53-60-73(7)9-2/h71-76,81H,8-70H2,1-7H3,(H,86,87)(H,88,89)/t73?,74-,75-,76-/m1/s1. The maximum atomic E-state index is 13.1. The zero-order valence-electron chi connectivity index (χ0n) is 65.0. The summed E-state index contributed by atoms with van der Waals surface area (Å²) in [7, 11) is -9.92. The van der Waals surface area contributed by atoms with Crippen LogP contribution in [0.4, 0.5) is 0 Å². The van der Waals surface area contributed by atoms with E-state index in [1.807, 2.05) is 0 Å². The topological polar surface area (TPSA) is 237 Å². The zero-order valence-corrected chi connectivity index (χ0v) is 66.8. The van der Waals surface area contributed by atoms with Gasteiger partial charge in [0.25, 0.3) is 0 Å². The number of ether oxygens (including phenoxy) is 4. The minimum Gasteiger partial charge on any atom is -0.462 e. The van der Waals surface area contributed by atoms with Crippen molar-refractivity contribution in [1.29, 1.82) is 0 Å². The molecule has 0 saturated heterocycles. The van der Waals surface area contributed by atoms with Gasteiger partial charge in [-0.15, -0.1) is 0 Å². The predicted molar refractivity (Wildman–Crippen MR) is 405 cm³/mol. The zero-order chi connectivity index (χ0) is 73.0. The van der Waals surface area contributed by atoms with E-state index >= 15 is 0 Å². The van der Waals surface area contributed by atoms with Gasteiger partial charge < -0.3 is 33.8 Å². The Morgan fingerprint density at radius 3 is 0.768 bits per heavy atom. The lowest BCUT2D eigenvalue weighted by atomic mass is 9.99. The number of carbonyl (C=O) groups excluding carboxylic acids is 4. The van der Waals surface area contributed by atoms with Crippen molar-refractivity contribution in [3.8, 4) is 0 Å². The van der Waals surface area contributed by atoms with E-state index in [9.17, 15) is 43.2 Å². The van der Waals surface area contributed by atoms with Gasteiger partial charge in [0.1, 0.15) is 19.3 Å². The van der Waals surface area contributed by atoms with Gasteiger partial charge in [0.05, 0.1) is 26.4 Å². The van der Waals surface area contributed by atoms with E-state index in [1.54, 1.807) is 0 Å². The van der Waals surface area contributed by atoms with Crippen LogP contribution in [0.2, 0.25) is 0 Å². The molecule has 0 spiro atoms. The smallest absolute Gasteiger partial charge is 0.462 e. The highest BCUT2D eigenvalue weighted by atomic mass is 31.2. The Balaban J connectivity index is 5.21. The summed E-state index contributed by atoms with van der Waals surface area (Å²) < 4.78 is 68.6. The fourth-order valence-electron chi connectivity index (χ4n) is 12.3. The van der Waals surface area contributed by atoms with Crippen molar-refractivity contribution in [1.82, 2.24) is 0 Å². The molecule has 0 radical (unpaired) electrons. The van der Waals surface area contributed by atoms with Crippen LogP contribution in [0.5, 0.6) is 0 Å². The van der Waals surface area contributed by atoms with Gasteiger partial charge in [-0.2, -0.15) is 0 Å². The Morgan fingerprint density at radius 2 is 0.515 bits per heavy atom. The van der Waals surface area contributed by atoms with Gasteiger partial charge in [-0.05, 0) is 43.4 Å². The highest BCUT2D eigenvalue weighted by Gasteiger charge is 2.30. The van der Waals surface area contributed by atoms with Crippen molar-refractivity contribution in [3.05, 3.63) is 0 Å². The first-order valence-corrected chi connectivity index (χ1v) is 44.4. The molecule has 0 bridgehead atoms. The Bertz CT molecular complexity index is 1920. The number of rotatable bonds is 78. The average Bonchev–Trinajstić information content (AvgIpc) is 1.02. The monoisotopic (exact) mass is 1450 g/mol. The summed E-state index contributed by atoms with van der Waals surface area (Å²) in [5.41, 5.74) is 0. The minimum absolute atomic E-state index is 0.104. The molecule has 3 N–H and O–H groups in total. The van der Waals surface area contributed by atoms with E-state index in [2.05, 4.69) is 48.5 Å². The number of aliphatic hydroxyl groups is 1. The number of esters is 4.